The summed E-state index contributed by atoms with van der Waals surface area (Å²) in [4.78, 5) is 37.5. The number of allylic oxidation sites excluding steroid dienone is 1. The van der Waals surface area contributed by atoms with Crippen LogP contribution >= 0.6 is 0 Å². The van der Waals surface area contributed by atoms with Crippen LogP contribution in [0.4, 0.5) is 0 Å². The molecule has 0 radical (unpaired) electrons. The van der Waals surface area contributed by atoms with Gasteiger partial charge in [0.2, 0.25) is 11.8 Å². The maximum Gasteiger partial charge on any atom is 0.328 e. The van der Waals surface area contributed by atoms with Crippen molar-refractivity contribution in [1.82, 2.24) is 10.6 Å². The van der Waals surface area contributed by atoms with Crippen LogP contribution in [0, 0.1) is 0 Å². The molecular weight excluding hydrogens is 380 g/mol. The molecule has 2 aromatic carbocycles. The second-order valence-corrected chi connectivity index (χ2v) is 6.91. The molecule has 158 valence electrons. The minimum Gasteiger partial charge on any atom is -0.467 e. The van der Waals surface area contributed by atoms with Crippen molar-refractivity contribution in [3.8, 4) is 0 Å². The number of hydrogen-bond acceptors (Lipinski definition) is 4. The van der Waals surface area contributed by atoms with Crippen LogP contribution in [-0.4, -0.2) is 37.0 Å². The van der Waals surface area contributed by atoms with E-state index in [1.54, 1.807) is 6.08 Å². The first-order chi connectivity index (χ1) is 14.5. The van der Waals surface area contributed by atoms with Crippen LogP contribution in [0.2, 0.25) is 0 Å². The number of ether oxygens (including phenoxy) is 1. The number of nitrogens with one attached hydrogen (secondary N) is 2. The Morgan fingerprint density at radius 1 is 0.900 bits per heavy atom. The quantitative estimate of drug-likeness (QED) is 0.442. The Bertz CT molecular complexity index is 837. The SMILES string of the molecule is C=CCCC(=O)NC(Cc1ccccc1)C(=O)NC(Cc1ccccc1)C(=O)OC. The molecule has 2 N–H and O–H groups in total. The van der Waals surface area contributed by atoms with Gasteiger partial charge < -0.3 is 15.4 Å². The summed E-state index contributed by atoms with van der Waals surface area (Å²) in [5.74, 6) is -1.22. The number of hydrogen-bond donors (Lipinski definition) is 2. The van der Waals surface area contributed by atoms with Gasteiger partial charge >= 0.3 is 5.97 Å². The molecule has 0 aliphatic heterocycles. The largest absolute Gasteiger partial charge is 0.467 e. The van der Waals surface area contributed by atoms with Crippen LogP contribution in [0.25, 0.3) is 0 Å². The van der Waals surface area contributed by atoms with Gasteiger partial charge in [-0.2, -0.15) is 0 Å². The van der Waals surface area contributed by atoms with E-state index >= 15 is 0 Å². The first kappa shape index (κ1) is 22.9. The van der Waals surface area contributed by atoms with Gasteiger partial charge in [-0.15, -0.1) is 6.58 Å². The second kappa shape index (κ2) is 12.2. The Kier molecular flexibility index (Phi) is 9.31. The van der Waals surface area contributed by atoms with Gasteiger partial charge in [0.1, 0.15) is 12.1 Å². The molecule has 2 unspecified atom stereocenters. The van der Waals surface area contributed by atoms with Gasteiger partial charge in [-0.1, -0.05) is 66.7 Å². The lowest BCUT2D eigenvalue weighted by molar-refractivity contribution is -0.145. The predicted octanol–water partition coefficient (Wildman–Crippen LogP) is 2.58. The van der Waals surface area contributed by atoms with Crippen molar-refractivity contribution >= 4 is 17.8 Å². The van der Waals surface area contributed by atoms with Gasteiger partial charge in [-0.05, 0) is 17.5 Å². The minimum absolute atomic E-state index is 0.243. The number of esters is 1. The van der Waals surface area contributed by atoms with Crippen LogP contribution < -0.4 is 10.6 Å². The van der Waals surface area contributed by atoms with Crippen LogP contribution in [0.3, 0.4) is 0 Å². The second-order valence-electron chi connectivity index (χ2n) is 6.91. The van der Waals surface area contributed by atoms with Crippen molar-refractivity contribution in [2.24, 2.45) is 0 Å². The van der Waals surface area contributed by atoms with Crippen molar-refractivity contribution in [3.63, 3.8) is 0 Å². The molecule has 0 saturated carbocycles. The molecule has 30 heavy (non-hydrogen) atoms. The first-order valence-corrected chi connectivity index (χ1v) is 9.89. The molecule has 0 bridgehead atoms. The molecule has 0 aliphatic rings. The van der Waals surface area contributed by atoms with Crippen LogP contribution in [0.1, 0.15) is 24.0 Å². The zero-order valence-corrected chi connectivity index (χ0v) is 17.2. The molecule has 0 aliphatic carbocycles. The van der Waals surface area contributed by atoms with E-state index in [1.807, 2.05) is 60.7 Å². The Balaban J connectivity index is 2.14. The average molecular weight is 408 g/mol. The lowest BCUT2D eigenvalue weighted by Crippen LogP contribution is -2.53. The minimum atomic E-state index is -0.853. The maximum absolute atomic E-state index is 13.0. The summed E-state index contributed by atoms with van der Waals surface area (Å²) in [5, 5.41) is 5.53. The van der Waals surface area contributed by atoms with Gasteiger partial charge in [0.05, 0.1) is 7.11 Å². The summed E-state index contributed by atoms with van der Waals surface area (Å²) in [6, 6.07) is 17.1. The summed E-state index contributed by atoms with van der Waals surface area (Å²) in [6.07, 6.45) is 3.02. The number of benzene rings is 2. The monoisotopic (exact) mass is 408 g/mol. The summed E-state index contributed by atoms with van der Waals surface area (Å²) >= 11 is 0. The Labute approximate surface area is 177 Å². The molecular formula is C24H28N2O4. The van der Waals surface area contributed by atoms with Crippen molar-refractivity contribution < 1.29 is 19.1 Å². The zero-order chi connectivity index (χ0) is 21.8. The molecule has 2 atom stereocenters. The van der Waals surface area contributed by atoms with E-state index in [2.05, 4.69) is 17.2 Å². The number of amides is 2. The summed E-state index contributed by atoms with van der Waals surface area (Å²) in [7, 11) is 1.28. The fourth-order valence-electron chi connectivity index (χ4n) is 3.02. The molecule has 2 rings (SSSR count). The molecule has 0 saturated heterocycles. The molecule has 6 heteroatoms. The highest BCUT2D eigenvalue weighted by molar-refractivity contribution is 5.91. The zero-order valence-electron chi connectivity index (χ0n) is 17.2. The third-order valence-electron chi connectivity index (χ3n) is 4.59. The molecule has 0 heterocycles. The smallest absolute Gasteiger partial charge is 0.328 e. The van der Waals surface area contributed by atoms with E-state index in [1.165, 1.54) is 7.11 Å². The van der Waals surface area contributed by atoms with Gasteiger partial charge in [-0.3, -0.25) is 9.59 Å². The summed E-state index contributed by atoms with van der Waals surface area (Å²) < 4.78 is 4.87. The van der Waals surface area contributed by atoms with E-state index in [-0.39, 0.29) is 12.3 Å². The lowest BCUT2D eigenvalue weighted by Gasteiger charge is -2.22. The fourth-order valence-corrected chi connectivity index (χ4v) is 3.02. The molecule has 2 amide bonds. The topological polar surface area (TPSA) is 84.5 Å². The van der Waals surface area contributed by atoms with Gasteiger partial charge in [0, 0.05) is 19.3 Å². The lowest BCUT2D eigenvalue weighted by atomic mass is 10.0. The third-order valence-corrected chi connectivity index (χ3v) is 4.59. The number of carbonyl (C=O) groups excluding carboxylic acids is 3. The molecule has 0 fully saturated rings. The van der Waals surface area contributed by atoms with E-state index in [9.17, 15) is 14.4 Å². The number of methoxy groups -OCH3 is 1. The standard InChI is InChI=1S/C24H28N2O4/c1-3-4-15-22(27)25-20(16-18-11-7-5-8-12-18)23(28)26-21(24(29)30-2)17-19-13-9-6-10-14-19/h3,5-14,20-21H,1,4,15-17H2,2H3,(H,25,27)(H,26,28). The third kappa shape index (κ3) is 7.54. The number of rotatable bonds is 11. The molecule has 2 aromatic rings. The van der Waals surface area contributed by atoms with Crippen molar-refractivity contribution in [1.29, 1.82) is 0 Å². The van der Waals surface area contributed by atoms with Gasteiger partial charge in [0.15, 0.2) is 0 Å². The molecule has 0 spiro atoms. The highest BCUT2D eigenvalue weighted by Crippen LogP contribution is 2.08. The van der Waals surface area contributed by atoms with E-state index in [0.29, 0.717) is 19.3 Å². The van der Waals surface area contributed by atoms with Gasteiger partial charge in [-0.25, -0.2) is 4.79 Å². The van der Waals surface area contributed by atoms with E-state index in [4.69, 9.17) is 4.74 Å². The first-order valence-electron chi connectivity index (χ1n) is 9.89. The Hall–Kier alpha value is -3.41. The number of carbonyl (C=O) groups is 3. The van der Waals surface area contributed by atoms with Gasteiger partial charge in [0.25, 0.3) is 0 Å². The maximum atomic E-state index is 13.0. The van der Waals surface area contributed by atoms with E-state index < -0.39 is 24.0 Å². The predicted molar refractivity (Wildman–Crippen MR) is 116 cm³/mol. The van der Waals surface area contributed by atoms with E-state index in [0.717, 1.165) is 11.1 Å². The highest BCUT2D eigenvalue weighted by atomic mass is 16.5. The Morgan fingerprint density at radius 3 is 1.93 bits per heavy atom. The van der Waals surface area contributed by atoms with Crippen molar-refractivity contribution in [3.05, 3.63) is 84.4 Å². The summed E-state index contributed by atoms with van der Waals surface area (Å²) in [6.45, 7) is 3.61. The van der Waals surface area contributed by atoms with Crippen molar-refractivity contribution in [2.45, 2.75) is 37.8 Å². The van der Waals surface area contributed by atoms with Crippen LogP contribution in [0.5, 0.6) is 0 Å². The molecule has 0 aromatic heterocycles. The molecule has 6 nitrogen and oxygen atoms in total. The van der Waals surface area contributed by atoms with Crippen LogP contribution in [-0.2, 0) is 32.0 Å². The average Bonchev–Trinajstić information content (AvgIpc) is 2.77. The van der Waals surface area contributed by atoms with Crippen LogP contribution in [0.15, 0.2) is 73.3 Å². The van der Waals surface area contributed by atoms with Crippen molar-refractivity contribution in [2.75, 3.05) is 7.11 Å². The Morgan fingerprint density at radius 2 is 1.43 bits per heavy atom. The normalized spacial score (nSPS) is 12.3. The fraction of sp³-hybridized carbons (Fsp3) is 0.292. The highest BCUT2D eigenvalue weighted by Gasteiger charge is 2.27. The summed E-state index contributed by atoms with van der Waals surface area (Å²) in [5.41, 5.74) is 1.79.